The quantitative estimate of drug-likeness (QED) is 0.163. The fraction of sp³-hybridized carbons (Fsp3) is 0.270. The van der Waals surface area contributed by atoms with Gasteiger partial charge in [-0.3, -0.25) is 0 Å². The highest BCUT2D eigenvalue weighted by Crippen LogP contribution is 2.63. The first-order chi connectivity index (χ1) is 38.3. The summed E-state index contributed by atoms with van der Waals surface area (Å²) in [4.78, 5) is 8.33. The average molecular weight is 1080 g/mol. The molecule has 80 heavy (non-hydrogen) atoms. The second-order valence-electron chi connectivity index (χ2n) is 27.2. The average Bonchev–Trinajstić information content (AvgIpc) is 2.01. The minimum Gasteiger partial charge on any atom is -0.334 e. The number of nitrogens with zero attached hydrogens (tertiary/aromatic N) is 3. The van der Waals surface area contributed by atoms with Gasteiger partial charge in [-0.25, -0.2) is 0 Å². The van der Waals surface area contributed by atoms with Gasteiger partial charge in [-0.2, -0.15) is 0 Å². The van der Waals surface area contributed by atoms with Gasteiger partial charge < -0.3 is 14.7 Å². The van der Waals surface area contributed by atoms with Crippen LogP contribution < -0.4 is 31.1 Å². The summed E-state index contributed by atoms with van der Waals surface area (Å²) in [6.45, 7) is 26.5. The predicted octanol–water partition coefficient (Wildman–Crippen LogP) is 19.8. The van der Waals surface area contributed by atoms with Gasteiger partial charge in [-0.1, -0.05) is 197 Å². The minimum atomic E-state index is -0.188. The zero-order valence-corrected chi connectivity index (χ0v) is 49.9. The Balaban J connectivity index is 1.13. The molecule has 396 valence electrons. The molecule has 4 aliphatic rings. The fourth-order valence-electron chi connectivity index (χ4n) is 14.9. The summed E-state index contributed by atoms with van der Waals surface area (Å²) in [5.41, 5.74) is 21.8. The maximum absolute atomic E-state index is 2.85. The molecule has 0 N–H and O–H groups in total. The molecule has 11 aromatic rings. The van der Waals surface area contributed by atoms with Crippen molar-refractivity contribution in [2.24, 2.45) is 0 Å². The highest BCUT2D eigenvalue weighted by atomic mass is 32.1. The molecule has 2 aromatic heterocycles. The Morgan fingerprint density at radius 2 is 1.05 bits per heavy atom. The van der Waals surface area contributed by atoms with Crippen LogP contribution in [0, 0.1) is 0 Å². The fourth-order valence-corrected chi connectivity index (χ4v) is 17.3. The molecular weight excluding hydrogens is 1010 g/mol. The molecule has 1 fully saturated rings. The Labute approximate surface area is 481 Å². The lowest BCUT2D eigenvalue weighted by Crippen LogP contribution is -2.61. The van der Waals surface area contributed by atoms with Gasteiger partial charge in [0.05, 0.1) is 27.3 Å². The second kappa shape index (κ2) is 17.2. The van der Waals surface area contributed by atoms with Crippen molar-refractivity contribution < 1.29 is 0 Å². The highest BCUT2D eigenvalue weighted by molar-refractivity contribution is 7.26. The lowest BCUT2D eigenvalue weighted by Gasteiger charge is -2.51. The molecule has 0 amide bonds. The van der Waals surface area contributed by atoms with Gasteiger partial charge in [0, 0.05) is 75.1 Å². The molecule has 2 unspecified atom stereocenters. The van der Waals surface area contributed by atoms with Gasteiger partial charge in [0.1, 0.15) is 0 Å². The van der Waals surface area contributed by atoms with E-state index in [0.717, 1.165) is 12.8 Å². The third-order valence-electron chi connectivity index (χ3n) is 19.5. The van der Waals surface area contributed by atoms with Crippen LogP contribution in [-0.2, 0) is 21.7 Å². The molecule has 0 bridgehead atoms. The Bertz CT molecular complexity index is 4390. The van der Waals surface area contributed by atoms with Gasteiger partial charge in [0.25, 0.3) is 6.71 Å². The first-order valence-electron chi connectivity index (χ1n) is 29.2. The lowest BCUT2D eigenvalue weighted by molar-refractivity contribution is 0.195. The van der Waals surface area contributed by atoms with Crippen LogP contribution >= 0.6 is 22.7 Å². The topological polar surface area (TPSA) is 9.72 Å². The second-order valence-corrected chi connectivity index (χ2v) is 29.4. The summed E-state index contributed by atoms with van der Waals surface area (Å²) >= 11 is 3.86. The molecule has 0 radical (unpaired) electrons. The first kappa shape index (κ1) is 49.9. The third kappa shape index (κ3) is 7.10. The van der Waals surface area contributed by atoms with E-state index in [4.69, 9.17) is 0 Å². The normalized spacial score (nSPS) is 18.7. The summed E-state index contributed by atoms with van der Waals surface area (Å²) in [6.07, 6.45) is 4.71. The van der Waals surface area contributed by atoms with Crippen LogP contribution in [0.5, 0.6) is 0 Å². The van der Waals surface area contributed by atoms with Crippen LogP contribution in [0.25, 0.3) is 51.5 Å². The minimum absolute atomic E-state index is 0.0211. The maximum Gasteiger partial charge on any atom is 0.252 e. The number of benzene rings is 9. The van der Waals surface area contributed by atoms with E-state index in [2.05, 4.69) is 267 Å². The molecule has 6 heteroatoms. The van der Waals surface area contributed by atoms with Gasteiger partial charge >= 0.3 is 0 Å². The van der Waals surface area contributed by atoms with Gasteiger partial charge in [-0.05, 0) is 141 Å². The van der Waals surface area contributed by atoms with E-state index in [0.29, 0.717) is 0 Å². The van der Waals surface area contributed by atoms with Gasteiger partial charge in [0.2, 0.25) is 0 Å². The monoisotopic (exact) mass is 1080 g/mol. The van der Waals surface area contributed by atoms with Crippen LogP contribution in [0.2, 0.25) is 0 Å². The van der Waals surface area contributed by atoms with Crippen molar-refractivity contribution in [2.75, 3.05) is 14.7 Å². The summed E-state index contributed by atoms with van der Waals surface area (Å²) in [7, 11) is 0. The standard InChI is InChI=1S/C74H70BN3S2/c1-70(2,3)46-30-34-57(53(40-46)45-22-13-12-14-23-45)77-62-44-49(78-58-35-31-47(71(4,5)6)41-54(58)73(10)38-19-20-39-74(73,78)11)43-61-67(62)75(55-33-37-65-66(68(55)77)52-25-16-18-29-64(52)79-65)56-42-48(72(7,8)9)32-36-59(56)76(61)60-27-21-26-51-50-24-15-17-28-63(50)80-69(51)60/h12-18,21-37,40-44H,19-20,38-39H2,1-11H3. The van der Waals surface area contributed by atoms with Crippen LogP contribution in [0.1, 0.15) is 124 Å². The van der Waals surface area contributed by atoms with Crippen molar-refractivity contribution in [3.63, 3.8) is 0 Å². The number of hydrogen-bond acceptors (Lipinski definition) is 5. The summed E-state index contributed by atoms with van der Waals surface area (Å²) in [6, 6.07) is 69.2. The van der Waals surface area contributed by atoms with Gasteiger partial charge in [0.15, 0.2) is 0 Å². The Morgan fingerprint density at radius 3 is 1.77 bits per heavy atom. The Morgan fingerprint density at radius 1 is 0.450 bits per heavy atom. The number of anilines is 8. The molecule has 0 saturated heterocycles. The highest BCUT2D eigenvalue weighted by Gasteiger charge is 2.58. The summed E-state index contributed by atoms with van der Waals surface area (Å²) in [5.74, 6) is 0. The van der Waals surface area contributed by atoms with Crippen LogP contribution in [0.15, 0.2) is 176 Å². The number of hydrogen-bond donors (Lipinski definition) is 0. The van der Waals surface area contributed by atoms with E-state index in [1.807, 2.05) is 22.7 Å². The first-order valence-corrected chi connectivity index (χ1v) is 30.9. The molecule has 2 atom stereocenters. The summed E-state index contributed by atoms with van der Waals surface area (Å²) < 4.78 is 5.26. The molecule has 1 saturated carbocycles. The van der Waals surface area contributed by atoms with E-state index in [1.54, 1.807) is 0 Å². The Kier molecular flexibility index (Phi) is 10.7. The van der Waals surface area contributed by atoms with Crippen molar-refractivity contribution in [2.45, 2.75) is 129 Å². The smallest absolute Gasteiger partial charge is 0.252 e. The Hall–Kier alpha value is -7.12. The van der Waals surface area contributed by atoms with Crippen molar-refractivity contribution in [3.8, 4) is 11.1 Å². The van der Waals surface area contributed by atoms with Crippen LogP contribution in [-0.4, -0.2) is 12.3 Å². The number of rotatable bonds is 4. The zero-order valence-electron chi connectivity index (χ0n) is 48.3. The zero-order chi connectivity index (χ0) is 55.0. The van der Waals surface area contributed by atoms with Crippen molar-refractivity contribution in [1.29, 1.82) is 0 Å². The van der Waals surface area contributed by atoms with Crippen LogP contribution in [0.3, 0.4) is 0 Å². The predicted molar refractivity (Wildman–Crippen MR) is 351 cm³/mol. The molecule has 5 heterocycles. The van der Waals surface area contributed by atoms with E-state index in [1.165, 1.54) is 148 Å². The molecular formula is C74H70BN3S2. The molecule has 0 spiro atoms. The van der Waals surface area contributed by atoms with E-state index >= 15 is 0 Å². The van der Waals surface area contributed by atoms with Crippen molar-refractivity contribution in [1.82, 2.24) is 0 Å². The number of fused-ring (bicyclic) bond motifs is 14. The molecule has 1 aliphatic carbocycles. The largest absolute Gasteiger partial charge is 0.334 e. The molecule has 3 aliphatic heterocycles. The molecule has 15 rings (SSSR count). The van der Waals surface area contributed by atoms with Crippen molar-refractivity contribution >= 4 is 132 Å². The third-order valence-corrected chi connectivity index (χ3v) is 21.8. The molecule has 9 aromatic carbocycles. The van der Waals surface area contributed by atoms with E-state index in [9.17, 15) is 0 Å². The SMILES string of the molecule is CC(C)(C)c1ccc2c(c1)B1c3ccc4sc5ccccc5c4c3N(c3ccc(C(C)(C)C)cc3-c3ccccc3)c3cc(N4c5ccc(C(C)(C)C)cc5C5(C)CCCCC45C)cc(c31)N2c1cccc2c1sc1ccccc12. The summed E-state index contributed by atoms with van der Waals surface area (Å²) in [5, 5.41) is 5.27. The number of thiophene rings is 2. The molecule has 3 nitrogen and oxygen atoms in total. The van der Waals surface area contributed by atoms with Gasteiger partial charge in [-0.15, -0.1) is 22.7 Å². The van der Waals surface area contributed by atoms with E-state index in [-0.39, 0.29) is 33.9 Å². The van der Waals surface area contributed by atoms with Crippen molar-refractivity contribution in [3.05, 3.63) is 198 Å². The van der Waals surface area contributed by atoms with E-state index < -0.39 is 0 Å². The maximum atomic E-state index is 2.85. The van der Waals surface area contributed by atoms with Crippen LogP contribution in [0.4, 0.5) is 45.5 Å². The lowest BCUT2D eigenvalue weighted by atomic mass is 9.33.